The van der Waals surface area contributed by atoms with Crippen LogP contribution in [0.25, 0.3) is 0 Å². The van der Waals surface area contributed by atoms with Gasteiger partial charge in [-0.15, -0.1) is 0 Å². The van der Waals surface area contributed by atoms with Crippen molar-refractivity contribution in [3.05, 3.63) is 35.9 Å². The van der Waals surface area contributed by atoms with E-state index in [-0.39, 0.29) is 11.9 Å². The summed E-state index contributed by atoms with van der Waals surface area (Å²) in [7, 11) is 3.31. The Morgan fingerprint density at radius 3 is 2.58 bits per heavy atom. The highest BCUT2D eigenvalue weighted by Gasteiger charge is 2.25. The summed E-state index contributed by atoms with van der Waals surface area (Å²) in [4.78, 5) is 13.8. The maximum atomic E-state index is 12.2. The van der Waals surface area contributed by atoms with Crippen LogP contribution in [0.3, 0.4) is 0 Å². The van der Waals surface area contributed by atoms with E-state index in [9.17, 15) is 10.1 Å². The molecule has 0 aliphatic heterocycles. The van der Waals surface area contributed by atoms with Crippen LogP contribution in [0.1, 0.15) is 12.5 Å². The number of carbonyl (C=O) groups excluding carboxylic acids is 1. The molecule has 2 atom stereocenters. The minimum Gasteiger partial charge on any atom is -0.383 e. The molecule has 4 nitrogen and oxygen atoms in total. The van der Waals surface area contributed by atoms with Gasteiger partial charge >= 0.3 is 0 Å². The van der Waals surface area contributed by atoms with Gasteiger partial charge in [0.15, 0.2) is 0 Å². The standard InChI is InChI=1S/C15H20N2O2/c1-12(11-19-3)17(2)15(18)14(10-16)9-13-7-5-4-6-8-13/h4-8,12,14H,9,11H2,1-3H3. The second-order valence-corrected chi connectivity index (χ2v) is 4.62. The lowest BCUT2D eigenvalue weighted by molar-refractivity contribution is -0.135. The Hall–Kier alpha value is -1.86. The molecule has 2 unspecified atom stereocenters. The topological polar surface area (TPSA) is 53.3 Å². The molecule has 0 radical (unpaired) electrons. The third kappa shape index (κ3) is 4.38. The minimum absolute atomic E-state index is 0.0378. The van der Waals surface area contributed by atoms with E-state index < -0.39 is 5.92 Å². The van der Waals surface area contributed by atoms with Gasteiger partial charge in [0.1, 0.15) is 5.92 Å². The van der Waals surface area contributed by atoms with E-state index in [4.69, 9.17) is 4.74 Å². The molecule has 1 aromatic carbocycles. The monoisotopic (exact) mass is 260 g/mol. The predicted molar refractivity (Wildman–Crippen MR) is 73.4 cm³/mol. The number of hydrogen-bond acceptors (Lipinski definition) is 3. The molecule has 0 saturated heterocycles. The van der Waals surface area contributed by atoms with Crippen LogP contribution in [0, 0.1) is 17.2 Å². The Morgan fingerprint density at radius 2 is 2.05 bits per heavy atom. The second-order valence-electron chi connectivity index (χ2n) is 4.62. The largest absolute Gasteiger partial charge is 0.383 e. The van der Waals surface area contributed by atoms with Crippen LogP contribution in [0.15, 0.2) is 30.3 Å². The number of nitrogens with zero attached hydrogens (tertiary/aromatic N) is 2. The average Bonchev–Trinajstić information content (AvgIpc) is 2.44. The van der Waals surface area contributed by atoms with Gasteiger partial charge in [0.25, 0.3) is 0 Å². The first-order valence-corrected chi connectivity index (χ1v) is 6.29. The van der Waals surface area contributed by atoms with Gasteiger partial charge in [-0.05, 0) is 18.9 Å². The summed E-state index contributed by atoms with van der Waals surface area (Å²) in [5.41, 5.74) is 0.996. The molecule has 1 aromatic rings. The summed E-state index contributed by atoms with van der Waals surface area (Å²) in [5.74, 6) is -0.803. The fourth-order valence-corrected chi connectivity index (χ4v) is 1.85. The predicted octanol–water partition coefficient (Wildman–Crippen LogP) is 1.86. The van der Waals surface area contributed by atoms with Crippen LogP contribution in [0.5, 0.6) is 0 Å². The normalized spacial score (nSPS) is 13.4. The van der Waals surface area contributed by atoms with Crippen molar-refractivity contribution in [3.8, 4) is 6.07 Å². The maximum absolute atomic E-state index is 12.2. The molecule has 0 saturated carbocycles. The molecule has 0 aliphatic rings. The molecule has 4 heteroatoms. The molecule has 102 valence electrons. The Labute approximate surface area is 114 Å². The zero-order valence-electron chi connectivity index (χ0n) is 11.7. The summed E-state index contributed by atoms with van der Waals surface area (Å²) in [6.07, 6.45) is 0.445. The summed E-state index contributed by atoms with van der Waals surface area (Å²) >= 11 is 0. The van der Waals surface area contributed by atoms with Crippen molar-refractivity contribution in [2.75, 3.05) is 20.8 Å². The Kier molecular flexibility index (Phi) is 6.04. The van der Waals surface area contributed by atoms with Gasteiger partial charge in [-0.3, -0.25) is 4.79 Å². The van der Waals surface area contributed by atoms with E-state index in [2.05, 4.69) is 6.07 Å². The van der Waals surface area contributed by atoms with E-state index >= 15 is 0 Å². The highest BCUT2D eigenvalue weighted by Crippen LogP contribution is 2.12. The lowest BCUT2D eigenvalue weighted by Gasteiger charge is -2.26. The van der Waals surface area contributed by atoms with E-state index in [0.717, 1.165) is 5.56 Å². The molecule has 1 rings (SSSR count). The lowest BCUT2D eigenvalue weighted by atomic mass is 9.99. The molecular formula is C15H20N2O2. The van der Waals surface area contributed by atoms with E-state index in [1.165, 1.54) is 0 Å². The quantitative estimate of drug-likeness (QED) is 0.784. The van der Waals surface area contributed by atoms with Gasteiger partial charge < -0.3 is 9.64 Å². The van der Waals surface area contributed by atoms with Gasteiger partial charge in [-0.25, -0.2) is 0 Å². The third-order valence-electron chi connectivity index (χ3n) is 3.15. The molecular weight excluding hydrogens is 240 g/mol. The van der Waals surface area contributed by atoms with Gasteiger partial charge in [-0.2, -0.15) is 5.26 Å². The molecule has 1 amide bonds. The Balaban J connectivity index is 2.70. The number of carbonyl (C=O) groups is 1. The number of nitriles is 1. The second kappa shape index (κ2) is 7.55. The van der Waals surface area contributed by atoms with Gasteiger partial charge in [0.05, 0.1) is 18.7 Å². The summed E-state index contributed by atoms with van der Waals surface area (Å²) < 4.78 is 5.03. The van der Waals surface area contributed by atoms with Crippen molar-refractivity contribution in [2.24, 2.45) is 5.92 Å². The number of ether oxygens (including phenoxy) is 1. The first kappa shape index (κ1) is 15.2. The molecule has 0 heterocycles. The number of amides is 1. The summed E-state index contributed by atoms with van der Waals surface area (Å²) in [5, 5.41) is 9.19. The van der Waals surface area contributed by atoms with E-state index in [1.807, 2.05) is 37.3 Å². The number of hydrogen-bond donors (Lipinski definition) is 0. The van der Waals surface area contributed by atoms with Gasteiger partial charge in [0.2, 0.25) is 5.91 Å². The number of rotatable bonds is 6. The molecule has 0 bridgehead atoms. The summed E-state index contributed by atoms with van der Waals surface area (Å²) in [6, 6.07) is 11.6. The zero-order chi connectivity index (χ0) is 14.3. The van der Waals surface area contributed by atoms with Crippen molar-refractivity contribution in [3.63, 3.8) is 0 Å². The van der Waals surface area contributed by atoms with Crippen LogP contribution in [0.4, 0.5) is 0 Å². The van der Waals surface area contributed by atoms with Crippen molar-refractivity contribution < 1.29 is 9.53 Å². The first-order chi connectivity index (χ1) is 9.10. The van der Waals surface area contributed by atoms with E-state index in [1.54, 1.807) is 19.1 Å². The molecule has 0 aliphatic carbocycles. The van der Waals surface area contributed by atoms with Crippen molar-refractivity contribution >= 4 is 5.91 Å². The zero-order valence-corrected chi connectivity index (χ0v) is 11.7. The smallest absolute Gasteiger partial charge is 0.240 e. The Morgan fingerprint density at radius 1 is 1.42 bits per heavy atom. The lowest BCUT2D eigenvalue weighted by Crippen LogP contribution is -2.41. The molecule has 0 N–H and O–H groups in total. The highest BCUT2D eigenvalue weighted by molar-refractivity contribution is 5.81. The minimum atomic E-state index is -0.647. The third-order valence-corrected chi connectivity index (χ3v) is 3.15. The fourth-order valence-electron chi connectivity index (χ4n) is 1.85. The van der Waals surface area contributed by atoms with Crippen LogP contribution >= 0.6 is 0 Å². The highest BCUT2D eigenvalue weighted by atomic mass is 16.5. The van der Waals surface area contributed by atoms with Crippen LogP contribution in [-0.4, -0.2) is 37.6 Å². The average molecular weight is 260 g/mol. The van der Waals surface area contributed by atoms with E-state index in [0.29, 0.717) is 13.0 Å². The van der Waals surface area contributed by atoms with Crippen molar-refractivity contribution in [1.82, 2.24) is 4.90 Å². The SMILES string of the molecule is COCC(C)N(C)C(=O)C(C#N)Cc1ccccc1. The number of benzene rings is 1. The first-order valence-electron chi connectivity index (χ1n) is 6.29. The number of methoxy groups -OCH3 is 1. The van der Waals surface area contributed by atoms with Gasteiger partial charge in [0, 0.05) is 14.2 Å². The Bertz CT molecular complexity index is 439. The molecule has 0 aromatic heterocycles. The maximum Gasteiger partial charge on any atom is 0.240 e. The van der Waals surface area contributed by atoms with Crippen LogP contribution in [0.2, 0.25) is 0 Å². The van der Waals surface area contributed by atoms with Crippen molar-refractivity contribution in [1.29, 1.82) is 5.26 Å². The number of likely N-dealkylation sites (N-methyl/N-ethyl adjacent to an activating group) is 1. The summed E-state index contributed by atoms with van der Waals surface area (Å²) in [6.45, 7) is 2.37. The molecule has 0 fully saturated rings. The van der Waals surface area contributed by atoms with Gasteiger partial charge in [-0.1, -0.05) is 30.3 Å². The molecule has 19 heavy (non-hydrogen) atoms. The fraction of sp³-hybridized carbons (Fsp3) is 0.467. The van der Waals surface area contributed by atoms with Crippen molar-refractivity contribution in [2.45, 2.75) is 19.4 Å². The van der Waals surface area contributed by atoms with Crippen LogP contribution < -0.4 is 0 Å². The molecule has 0 spiro atoms. The van der Waals surface area contributed by atoms with Crippen LogP contribution in [-0.2, 0) is 16.0 Å².